The summed E-state index contributed by atoms with van der Waals surface area (Å²) in [4.78, 5) is 92.1. The Balaban J connectivity index is 0.841. The fraction of sp³-hybridized carbons (Fsp3) is 0.642. The maximum Gasteiger partial charge on any atom is 0.326 e. The summed E-state index contributed by atoms with van der Waals surface area (Å²) in [5.74, 6) is -0.599. The number of carbonyl (C=O) groups is 5. The molecule has 2 heterocycles. The highest BCUT2D eigenvalue weighted by molar-refractivity contribution is 5.97. The monoisotopic (exact) mass is 964 g/mol. The summed E-state index contributed by atoms with van der Waals surface area (Å²) >= 11 is 0. The summed E-state index contributed by atoms with van der Waals surface area (Å²) in [6.07, 6.45) is 12.4. The van der Waals surface area contributed by atoms with E-state index in [1.807, 2.05) is 0 Å². The van der Waals surface area contributed by atoms with E-state index in [0.717, 1.165) is 57.8 Å². The molecule has 8 N–H and O–H groups in total. The minimum atomic E-state index is -1.31. The van der Waals surface area contributed by atoms with Gasteiger partial charge in [-0.3, -0.25) is 29.0 Å². The number of hydrogen-bond acceptors (Lipinski definition) is 12. The molecule has 378 valence electrons. The van der Waals surface area contributed by atoms with Crippen LogP contribution in [-0.2, 0) is 30.5 Å². The van der Waals surface area contributed by atoms with E-state index in [4.69, 9.17) is 10.5 Å². The van der Waals surface area contributed by atoms with Crippen LogP contribution in [0.4, 0.5) is 11.6 Å². The molecule has 2 aromatic heterocycles. The summed E-state index contributed by atoms with van der Waals surface area (Å²) in [7, 11) is 0. The van der Waals surface area contributed by atoms with Crippen LogP contribution in [0, 0.1) is 56.7 Å². The third kappa shape index (κ3) is 8.94. The second kappa shape index (κ2) is 19.0. The highest BCUT2D eigenvalue weighted by atomic mass is 16.5. The summed E-state index contributed by atoms with van der Waals surface area (Å²) in [5.41, 5.74) is 7.53. The highest BCUT2D eigenvalue weighted by Crippen LogP contribution is 2.76. The van der Waals surface area contributed by atoms with Crippen molar-refractivity contribution < 1.29 is 33.8 Å². The van der Waals surface area contributed by atoms with Gasteiger partial charge in [-0.15, -0.1) is 0 Å². The third-order valence-corrected chi connectivity index (χ3v) is 18.8. The molecule has 70 heavy (non-hydrogen) atoms. The maximum absolute atomic E-state index is 14.7. The number of fused-ring (bicyclic) bond motifs is 8. The van der Waals surface area contributed by atoms with Crippen molar-refractivity contribution in [3.8, 4) is 0 Å². The first-order valence-electron chi connectivity index (χ1n) is 25.4. The molecule has 5 aliphatic carbocycles. The normalized spacial score (nSPS) is 32.3. The summed E-state index contributed by atoms with van der Waals surface area (Å²) in [6.45, 7) is 19.1. The molecular weight excluding hydrogens is 891 g/mol. The van der Waals surface area contributed by atoms with E-state index in [1.54, 1.807) is 12.1 Å². The number of carboxylic acids is 1. The predicted octanol–water partition coefficient (Wildman–Crippen LogP) is 6.69. The molecule has 3 aromatic rings. The molecule has 0 aliphatic heterocycles. The minimum absolute atomic E-state index is 0.0548. The number of H-pyrrole nitrogens is 1. The van der Waals surface area contributed by atoms with Gasteiger partial charge in [0.15, 0.2) is 11.2 Å². The van der Waals surface area contributed by atoms with Crippen LogP contribution in [0.15, 0.2) is 46.9 Å². The van der Waals surface area contributed by atoms with Crippen LogP contribution in [0.1, 0.15) is 142 Å². The number of aliphatic carboxylic acids is 1. The van der Waals surface area contributed by atoms with Crippen molar-refractivity contribution in [2.24, 2.45) is 56.7 Å². The number of amides is 3. The van der Waals surface area contributed by atoms with Crippen molar-refractivity contribution in [1.29, 1.82) is 0 Å². The molecule has 0 bridgehead atoms. The van der Waals surface area contributed by atoms with Crippen LogP contribution in [0.5, 0.6) is 0 Å². The number of allylic oxidation sites excluding steroid dienone is 2. The maximum atomic E-state index is 14.7. The Morgan fingerprint density at radius 2 is 1.64 bits per heavy atom. The van der Waals surface area contributed by atoms with Gasteiger partial charge in [-0.05, 0) is 134 Å². The molecule has 3 amide bonds. The Morgan fingerprint density at radius 3 is 2.36 bits per heavy atom. The quantitative estimate of drug-likeness (QED) is 0.0505. The van der Waals surface area contributed by atoms with Crippen molar-refractivity contribution in [3.63, 3.8) is 0 Å². The number of nitrogens with zero attached hydrogens (tertiary/aromatic N) is 3. The Labute approximate surface area is 410 Å². The first-order chi connectivity index (χ1) is 33.0. The molecule has 11 atom stereocenters. The second-order valence-corrected chi connectivity index (χ2v) is 22.7. The Kier molecular flexibility index (Phi) is 13.7. The number of nitrogens with one attached hydrogen (secondary N) is 5. The number of esters is 1. The molecule has 17 heteroatoms. The summed E-state index contributed by atoms with van der Waals surface area (Å²) in [6, 6.07) is 5.07. The van der Waals surface area contributed by atoms with Crippen molar-refractivity contribution in [1.82, 2.24) is 35.9 Å². The summed E-state index contributed by atoms with van der Waals surface area (Å²) in [5, 5.41) is 21.7. The van der Waals surface area contributed by atoms with E-state index in [2.05, 4.69) is 95.7 Å². The van der Waals surface area contributed by atoms with Crippen LogP contribution in [0.25, 0.3) is 11.2 Å². The number of benzene rings is 1. The number of nitrogens with two attached hydrogens (primary N) is 1. The number of hydrogen-bond donors (Lipinski definition) is 7. The number of aromatic nitrogens is 4. The number of anilines is 2. The van der Waals surface area contributed by atoms with Gasteiger partial charge in [0.2, 0.25) is 17.8 Å². The minimum Gasteiger partial charge on any atom is -0.480 e. The lowest BCUT2D eigenvalue weighted by Gasteiger charge is -2.71. The molecule has 17 nitrogen and oxygen atoms in total. The number of rotatable bonds is 14. The van der Waals surface area contributed by atoms with Gasteiger partial charge in [0.05, 0.1) is 23.9 Å². The molecule has 0 saturated heterocycles. The Morgan fingerprint density at radius 1 is 0.914 bits per heavy atom. The van der Waals surface area contributed by atoms with Crippen LogP contribution in [0.2, 0.25) is 0 Å². The van der Waals surface area contributed by atoms with E-state index in [0.29, 0.717) is 35.1 Å². The van der Waals surface area contributed by atoms with E-state index >= 15 is 0 Å². The summed E-state index contributed by atoms with van der Waals surface area (Å²) < 4.78 is 5.95. The van der Waals surface area contributed by atoms with Gasteiger partial charge in [-0.1, -0.05) is 60.1 Å². The van der Waals surface area contributed by atoms with Crippen LogP contribution in [-0.4, -0.2) is 79.9 Å². The Bertz CT molecular complexity index is 2630. The van der Waals surface area contributed by atoms with Gasteiger partial charge in [0.1, 0.15) is 12.1 Å². The topological polar surface area (TPSA) is 260 Å². The first kappa shape index (κ1) is 50.5. The van der Waals surface area contributed by atoms with Gasteiger partial charge in [-0.2, -0.15) is 4.98 Å². The molecule has 4 saturated carbocycles. The molecular formula is C53H73N9O8. The van der Waals surface area contributed by atoms with Crippen molar-refractivity contribution >= 4 is 52.5 Å². The van der Waals surface area contributed by atoms with Crippen LogP contribution >= 0.6 is 0 Å². The number of carbonyl (C=O) groups excluding carboxylic acids is 4. The zero-order chi connectivity index (χ0) is 50.6. The van der Waals surface area contributed by atoms with Crippen molar-refractivity contribution in [3.05, 3.63) is 63.7 Å². The fourth-order valence-corrected chi connectivity index (χ4v) is 14.7. The number of carboxylic acid groups (broad SMARTS) is 1. The van der Waals surface area contributed by atoms with Gasteiger partial charge in [0, 0.05) is 43.1 Å². The van der Waals surface area contributed by atoms with E-state index in [9.17, 15) is 33.9 Å². The van der Waals surface area contributed by atoms with E-state index in [1.165, 1.54) is 30.8 Å². The SMILES string of the molecule is CC(=O)O[C@H]1CC[C@@]2(C)C(CC[C@]3(C)C2CC=C2C4[C@@H](C)[C@H](C)CC[C@]4(C(=O)NCCNC(=O)CC[C@H](NC(=O)c4ccc(NCc5cnc6nc(N)[nH]c(=O)c6n5)cc4)C(=O)O)CC[C@]23C)C1(C)C. The predicted molar refractivity (Wildman–Crippen MR) is 265 cm³/mol. The zero-order valence-electron chi connectivity index (χ0n) is 42.1. The third-order valence-electron chi connectivity index (χ3n) is 18.8. The first-order valence-corrected chi connectivity index (χ1v) is 25.4. The number of ether oxygens (including phenoxy) is 1. The number of aromatic amines is 1. The standard InChI is InChI=1S/C53H73N9O8/c1-29-17-22-53(24-23-51(7)35(41(53)30(29)2)13-15-38-50(6)20-19-39(70-31(3)63)49(4,5)37(50)18-21-52(38,51)8)47(69)56-26-25-55-40(64)16-14-36(46(67)68)60-44(65)32-9-11-33(12-10-32)57-27-34-28-58-43-42(59-34)45(66)62-48(54)61-43/h9-13,28-30,36-39,41,57H,14-27H2,1-8H3,(H,55,64)(H,56,69)(H,60,65)(H,67,68)(H3,54,58,61,62,66)/t29-,30+,36+,37?,38?,39+,41?,50+,51-,52-,53+/m1/s1. The van der Waals surface area contributed by atoms with E-state index in [-0.39, 0.29) is 107 Å². The lowest BCUT2D eigenvalue weighted by atomic mass is 9.33. The zero-order valence-corrected chi connectivity index (χ0v) is 42.1. The molecule has 4 fully saturated rings. The average molecular weight is 964 g/mol. The molecule has 0 radical (unpaired) electrons. The lowest BCUT2D eigenvalue weighted by Crippen LogP contribution is -2.66. The Hall–Kier alpha value is -5.87. The van der Waals surface area contributed by atoms with E-state index < -0.39 is 28.9 Å². The lowest BCUT2D eigenvalue weighted by molar-refractivity contribution is -0.212. The molecule has 1 aromatic carbocycles. The highest BCUT2D eigenvalue weighted by Gasteiger charge is 2.69. The largest absolute Gasteiger partial charge is 0.480 e. The van der Waals surface area contributed by atoms with Gasteiger partial charge < -0.3 is 36.8 Å². The molecule has 5 aliphatic rings. The smallest absolute Gasteiger partial charge is 0.326 e. The molecule has 0 spiro atoms. The van der Waals surface area contributed by atoms with Crippen molar-refractivity contribution in [2.75, 3.05) is 24.1 Å². The van der Waals surface area contributed by atoms with Crippen LogP contribution < -0.4 is 32.6 Å². The van der Waals surface area contributed by atoms with Gasteiger partial charge >= 0.3 is 11.9 Å². The van der Waals surface area contributed by atoms with Crippen LogP contribution in [0.3, 0.4) is 0 Å². The fourth-order valence-electron chi connectivity index (χ4n) is 14.7. The van der Waals surface area contributed by atoms with Crippen molar-refractivity contribution in [2.45, 2.75) is 145 Å². The number of nitrogen functional groups attached to an aromatic ring is 1. The van der Waals surface area contributed by atoms with Gasteiger partial charge in [0.25, 0.3) is 11.5 Å². The average Bonchev–Trinajstić information content (AvgIpc) is 3.30. The molecule has 8 rings (SSSR count). The second-order valence-electron chi connectivity index (χ2n) is 22.7. The molecule has 3 unspecified atom stereocenters. The van der Waals surface area contributed by atoms with Gasteiger partial charge in [-0.25, -0.2) is 14.8 Å².